The van der Waals surface area contributed by atoms with Crippen molar-refractivity contribution in [3.63, 3.8) is 0 Å². The molecule has 1 aromatic carbocycles. The highest BCUT2D eigenvalue weighted by molar-refractivity contribution is 5.67. The van der Waals surface area contributed by atoms with Gasteiger partial charge in [-0.15, -0.1) is 0 Å². The van der Waals surface area contributed by atoms with Gasteiger partial charge in [-0.25, -0.2) is 0 Å². The summed E-state index contributed by atoms with van der Waals surface area (Å²) in [5, 5.41) is 10.6. The molecule has 0 saturated carbocycles. The lowest BCUT2D eigenvalue weighted by molar-refractivity contribution is -0.305. The molecule has 9 heteroatoms. The molecule has 0 amide bonds. The van der Waals surface area contributed by atoms with Crippen molar-refractivity contribution in [2.75, 3.05) is 6.61 Å². The van der Waals surface area contributed by atoms with Crippen LogP contribution in [0.2, 0.25) is 0 Å². The first-order valence-corrected chi connectivity index (χ1v) is 8.74. The third-order valence-corrected chi connectivity index (χ3v) is 3.94. The van der Waals surface area contributed by atoms with Crippen LogP contribution in [0.25, 0.3) is 0 Å². The summed E-state index contributed by atoms with van der Waals surface area (Å²) in [7, 11) is 0. The first-order valence-electron chi connectivity index (χ1n) is 8.74. The van der Waals surface area contributed by atoms with Crippen LogP contribution >= 0.6 is 0 Å². The second kappa shape index (κ2) is 10.2. The van der Waals surface area contributed by atoms with Crippen LogP contribution < -0.4 is 0 Å². The van der Waals surface area contributed by atoms with Crippen LogP contribution in [-0.4, -0.2) is 60.3 Å². The summed E-state index contributed by atoms with van der Waals surface area (Å²) in [4.78, 5) is 34.1. The molecule has 1 aliphatic rings. The third-order valence-electron chi connectivity index (χ3n) is 3.94. The lowest BCUT2D eigenvalue weighted by atomic mass is 9.98. The second-order valence-electron chi connectivity index (χ2n) is 6.28. The van der Waals surface area contributed by atoms with Gasteiger partial charge in [-0.2, -0.15) is 0 Å². The van der Waals surface area contributed by atoms with Gasteiger partial charge in [-0.1, -0.05) is 30.3 Å². The lowest BCUT2D eigenvalue weighted by Crippen LogP contribution is -2.61. The lowest BCUT2D eigenvalue weighted by Gasteiger charge is -2.42. The summed E-state index contributed by atoms with van der Waals surface area (Å²) in [5.41, 5.74) is 0.821. The van der Waals surface area contributed by atoms with E-state index >= 15 is 0 Å². The first kappa shape index (κ1) is 21.8. The average Bonchev–Trinajstić information content (AvgIpc) is 2.62. The zero-order valence-electron chi connectivity index (χ0n) is 15.9. The van der Waals surface area contributed by atoms with E-state index in [2.05, 4.69) is 0 Å². The molecule has 1 heterocycles. The van der Waals surface area contributed by atoms with Gasteiger partial charge in [0.15, 0.2) is 12.2 Å². The molecule has 2 rings (SSSR count). The van der Waals surface area contributed by atoms with Crippen LogP contribution in [0.15, 0.2) is 30.3 Å². The van der Waals surface area contributed by atoms with Crippen molar-refractivity contribution in [2.45, 2.75) is 58.1 Å². The molecule has 9 nitrogen and oxygen atoms in total. The Morgan fingerprint density at radius 1 is 0.964 bits per heavy atom. The molecule has 154 valence electrons. The fourth-order valence-electron chi connectivity index (χ4n) is 2.76. The normalized spacial score (nSPS) is 26.9. The Labute approximate surface area is 162 Å². The average molecular weight is 396 g/mol. The van der Waals surface area contributed by atoms with Gasteiger partial charge in [-0.05, 0) is 5.56 Å². The van der Waals surface area contributed by atoms with Crippen LogP contribution in [0.5, 0.6) is 0 Å². The fourth-order valence-corrected chi connectivity index (χ4v) is 2.76. The van der Waals surface area contributed by atoms with E-state index in [-0.39, 0.29) is 13.2 Å². The maximum Gasteiger partial charge on any atom is 0.305 e. The smallest absolute Gasteiger partial charge is 0.305 e. The molecule has 5 atom stereocenters. The number of aliphatic hydroxyl groups excluding tert-OH is 1. The molecular weight excluding hydrogens is 372 g/mol. The van der Waals surface area contributed by atoms with Crippen molar-refractivity contribution in [1.82, 2.24) is 0 Å². The van der Waals surface area contributed by atoms with Crippen molar-refractivity contribution in [1.29, 1.82) is 0 Å². The van der Waals surface area contributed by atoms with E-state index in [1.807, 2.05) is 30.3 Å². The first-order chi connectivity index (χ1) is 13.3. The zero-order valence-corrected chi connectivity index (χ0v) is 15.9. The van der Waals surface area contributed by atoms with Gasteiger partial charge < -0.3 is 28.8 Å². The molecule has 0 aliphatic carbocycles. The van der Waals surface area contributed by atoms with Crippen molar-refractivity contribution in [3.05, 3.63) is 35.9 Å². The van der Waals surface area contributed by atoms with Crippen molar-refractivity contribution in [2.24, 2.45) is 0 Å². The minimum atomic E-state index is -1.36. The molecular formula is C19H24O9. The summed E-state index contributed by atoms with van der Waals surface area (Å²) in [5.74, 6) is -1.89. The molecule has 1 aliphatic heterocycles. The molecule has 0 bridgehead atoms. The molecule has 1 unspecified atom stereocenters. The number of benzene rings is 1. The molecule has 1 fully saturated rings. The number of esters is 3. The standard InChI is InChI=1S/C19H24O9/c1-11(20)24-10-15-16(23)17(26-12(2)21)18(19(28-15)27-13(3)22)25-9-14-7-5-4-6-8-14/h4-8,15-19,23H,9-10H2,1-3H3/t15-,16-,17+,18-,19?/m1/s1. The fraction of sp³-hybridized carbons (Fsp3) is 0.526. The summed E-state index contributed by atoms with van der Waals surface area (Å²) >= 11 is 0. The van der Waals surface area contributed by atoms with E-state index in [1.165, 1.54) is 20.8 Å². The van der Waals surface area contributed by atoms with Crippen LogP contribution in [-0.2, 0) is 44.7 Å². The highest BCUT2D eigenvalue weighted by atomic mass is 16.7. The predicted octanol–water partition coefficient (Wildman–Crippen LogP) is 0.715. The van der Waals surface area contributed by atoms with E-state index in [0.717, 1.165) is 5.56 Å². The van der Waals surface area contributed by atoms with E-state index in [1.54, 1.807) is 0 Å². The van der Waals surface area contributed by atoms with Crippen LogP contribution in [0.4, 0.5) is 0 Å². The molecule has 28 heavy (non-hydrogen) atoms. The van der Waals surface area contributed by atoms with Crippen LogP contribution in [0, 0.1) is 0 Å². The summed E-state index contributed by atoms with van der Waals surface area (Å²) < 4.78 is 26.6. The maximum atomic E-state index is 11.6. The van der Waals surface area contributed by atoms with Crippen LogP contribution in [0.3, 0.4) is 0 Å². The highest BCUT2D eigenvalue weighted by Crippen LogP contribution is 2.28. The third kappa shape index (κ3) is 6.29. The van der Waals surface area contributed by atoms with Crippen molar-refractivity contribution in [3.8, 4) is 0 Å². The Balaban J connectivity index is 2.22. The number of carbonyl (C=O) groups excluding carboxylic acids is 3. The van der Waals surface area contributed by atoms with Gasteiger partial charge in [0.1, 0.15) is 18.8 Å². The van der Waals surface area contributed by atoms with Crippen molar-refractivity contribution >= 4 is 17.9 Å². The van der Waals surface area contributed by atoms with E-state index in [9.17, 15) is 19.5 Å². The van der Waals surface area contributed by atoms with Gasteiger partial charge in [0.25, 0.3) is 0 Å². The number of rotatable bonds is 7. The maximum absolute atomic E-state index is 11.6. The number of carbonyl (C=O) groups is 3. The van der Waals surface area contributed by atoms with Gasteiger partial charge in [0, 0.05) is 20.8 Å². The second-order valence-corrected chi connectivity index (χ2v) is 6.28. The quantitative estimate of drug-likeness (QED) is 0.525. The summed E-state index contributed by atoms with van der Waals surface area (Å²) in [6.07, 6.45) is -5.99. The minimum Gasteiger partial charge on any atom is -0.463 e. The zero-order chi connectivity index (χ0) is 20.7. The van der Waals surface area contributed by atoms with E-state index in [4.69, 9.17) is 23.7 Å². The highest BCUT2D eigenvalue weighted by Gasteiger charge is 2.50. The molecule has 0 spiro atoms. The van der Waals surface area contributed by atoms with E-state index in [0.29, 0.717) is 0 Å². The number of aliphatic hydroxyl groups is 1. The molecule has 0 radical (unpaired) electrons. The molecule has 0 aromatic heterocycles. The number of ether oxygens (including phenoxy) is 5. The number of hydrogen-bond donors (Lipinski definition) is 1. The van der Waals surface area contributed by atoms with E-state index < -0.39 is 48.6 Å². The van der Waals surface area contributed by atoms with Gasteiger partial charge >= 0.3 is 17.9 Å². The minimum absolute atomic E-state index is 0.103. The predicted molar refractivity (Wildman–Crippen MR) is 93.6 cm³/mol. The molecule has 1 aromatic rings. The summed E-state index contributed by atoms with van der Waals surface area (Å²) in [6, 6.07) is 9.15. The topological polar surface area (TPSA) is 118 Å². The molecule has 1 saturated heterocycles. The van der Waals surface area contributed by atoms with Crippen LogP contribution in [0.1, 0.15) is 26.3 Å². The summed E-state index contributed by atoms with van der Waals surface area (Å²) in [6.45, 7) is 3.36. The van der Waals surface area contributed by atoms with Gasteiger partial charge in [-0.3, -0.25) is 14.4 Å². The Hall–Kier alpha value is -2.49. The number of hydrogen-bond acceptors (Lipinski definition) is 9. The van der Waals surface area contributed by atoms with Gasteiger partial charge in [0.2, 0.25) is 6.29 Å². The Kier molecular flexibility index (Phi) is 7.91. The largest absolute Gasteiger partial charge is 0.463 e. The Morgan fingerprint density at radius 2 is 1.61 bits per heavy atom. The monoisotopic (exact) mass is 396 g/mol. The van der Waals surface area contributed by atoms with Crippen molar-refractivity contribution < 1.29 is 43.2 Å². The Morgan fingerprint density at radius 3 is 2.18 bits per heavy atom. The molecule has 1 N–H and O–H groups in total. The SMILES string of the molecule is CC(=O)OC[C@H]1OC(OC(C)=O)[C@H](OCc2ccccc2)[C@@H](OC(C)=O)[C@@H]1O. The van der Waals surface area contributed by atoms with Gasteiger partial charge in [0.05, 0.1) is 6.61 Å². The Bertz CT molecular complexity index is 675.